The Hall–Kier alpha value is -2.69. The van der Waals surface area contributed by atoms with Gasteiger partial charge in [-0.3, -0.25) is 4.79 Å². The second-order valence-electron chi connectivity index (χ2n) is 6.99. The number of carbonyl (C=O) groups excluding carboxylic acids is 1. The van der Waals surface area contributed by atoms with Crippen LogP contribution in [0.25, 0.3) is 0 Å². The third-order valence-electron chi connectivity index (χ3n) is 5.04. The lowest BCUT2D eigenvalue weighted by Crippen LogP contribution is -2.48. The van der Waals surface area contributed by atoms with Gasteiger partial charge in [0.2, 0.25) is 0 Å². The largest absolute Gasteiger partial charge is 0.497 e. The fraction of sp³-hybridized carbons (Fsp3) is 0.381. The Bertz CT molecular complexity index is 859. The van der Waals surface area contributed by atoms with Gasteiger partial charge in [-0.25, -0.2) is 0 Å². The van der Waals surface area contributed by atoms with Crippen LogP contribution >= 0.6 is 0 Å². The summed E-state index contributed by atoms with van der Waals surface area (Å²) < 4.78 is 23.2. The van der Waals surface area contributed by atoms with E-state index in [4.69, 9.17) is 18.9 Å². The molecule has 26 heavy (non-hydrogen) atoms. The van der Waals surface area contributed by atoms with E-state index in [1.807, 2.05) is 18.2 Å². The first kappa shape index (κ1) is 16.8. The van der Waals surface area contributed by atoms with Gasteiger partial charge in [-0.05, 0) is 35.6 Å². The molecule has 4 rings (SSSR count). The van der Waals surface area contributed by atoms with Gasteiger partial charge >= 0.3 is 5.97 Å². The van der Waals surface area contributed by atoms with E-state index in [9.17, 15) is 4.79 Å². The molecule has 0 aromatic heterocycles. The van der Waals surface area contributed by atoms with E-state index in [0.717, 1.165) is 36.3 Å². The number of hydrogen-bond donors (Lipinski definition) is 0. The zero-order valence-electron chi connectivity index (χ0n) is 15.2. The lowest BCUT2D eigenvalue weighted by Gasteiger charge is -2.43. The molecule has 0 saturated heterocycles. The first-order chi connectivity index (χ1) is 12.5. The molecule has 2 aliphatic heterocycles. The molecule has 2 heterocycles. The standard InChI is InChI=1S/C21H22O5/c1-13-12-21(26-20-10-16(23-3)6-7-18(13)20)9-8-15-4-5-17(24-14(2)22)11-19(15)25-21/h4-7,10-11,13H,8-9,12H2,1-3H3. The van der Waals surface area contributed by atoms with Crippen molar-refractivity contribution in [2.75, 3.05) is 7.11 Å². The third-order valence-corrected chi connectivity index (χ3v) is 5.04. The van der Waals surface area contributed by atoms with Crippen LogP contribution in [-0.4, -0.2) is 18.9 Å². The fourth-order valence-electron chi connectivity index (χ4n) is 3.81. The number of benzene rings is 2. The number of fused-ring (bicyclic) bond motifs is 2. The van der Waals surface area contributed by atoms with Crippen molar-refractivity contribution in [2.45, 2.75) is 44.8 Å². The lowest BCUT2D eigenvalue weighted by atomic mass is 9.85. The first-order valence-corrected chi connectivity index (χ1v) is 8.85. The van der Waals surface area contributed by atoms with Gasteiger partial charge in [0.25, 0.3) is 5.79 Å². The molecule has 5 nitrogen and oxygen atoms in total. The Morgan fingerprint density at radius 2 is 1.85 bits per heavy atom. The number of ether oxygens (including phenoxy) is 4. The van der Waals surface area contributed by atoms with Crippen molar-refractivity contribution in [2.24, 2.45) is 0 Å². The van der Waals surface area contributed by atoms with Crippen LogP contribution in [0.5, 0.6) is 23.0 Å². The second-order valence-corrected chi connectivity index (χ2v) is 6.99. The molecule has 2 unspecified atom stereocenters. The van der Waals surface area contributed by atoms with E-state index in [2.05, 4.69) is 13.0 Å². The van der Waals surface area contributed by atoms with Crippen molar-refractivity contribution in [3.05, 3.63) is 47.5 Å². The van der Waals surface area contributed by atoms with E-state index in [1.54, 1.807) is 19.2 Å². The van der Waals surface area contributed by atoms with Crippen LogP contribution in [0.15, 0.2) is 36.4 Å². The van der Waals surface area contributed by atoms with Gasteiger partial charge in [-0.2, -0.15) is 0 Å². The molecule has 0 radical (unpaired) electrons. The van der Waals surface area contributed by atoms with Crippen molar-refractivity contribution >= 4 is 5.97 Å². The van der Waals surface area contributed by atoms with Gasteiger partial charge in [0.15, 0.2) is 0 Å². The van der Waals surface area contributed by atoms with Crippen molar-refractivity contribution in [1.29, 1.82) is 0 Å². The van der Waals surface area contributed by atoms with Crippen LogP contribution < -0.4 is 18.9 Å². The quantitative estimate of drug-likeness (QED) is 0.597. The summed E-state index contributed by atoms with van der Waals surface area (Å²) in [5.74, 6) is 2.03. The maximum Gasteiger partial charge on any atom is 0.308 e. The molecular weight excluding hydrogens is 332 g/mol. The highest BCUT2D eigenvalue weighted by atomic mass is 16.7. The minimum absolute atomic E-state index is 0.308. The highest BCUT2D eigenvalue weighted by Gasteiger charge is 2.44. The van der Waals surface area contributed by atoms with Crippen molar-refractivity contribution < 1.29 is 23.7 Å². The molecule has 0 fully saturated rings. The SMILES string of the molecule is COc1ccc2c(c1)OC1(CCc3ccc(OC(C)=O)cc3O1)CC2C. The van der Waals surface area contributed by atoms with E-state index in [-0.39, 0.29) is 5.97 Å². The normalized spacial score (nSPS) is 23.3. The Morgan fingerprint density at radius 1 is 1.12 bits per heavy atom. The minimum atomic E-state index is -0.708. The summed E-state index contributed by atoms with van der Waals surface area (Å²) >= 11 is 0. The topological polar surface area (TPSA) is 54.0 Å². The summed E-state index contributed by atoms with van der Waals surface area (Å²) in [4.78, 5) is 11.2. The van der Waals surface area contributed by atoms with E-state index < -0.39 is 5.79 Å². The predicted octanol–water partition coefficient (Wildman–Crippen LogP) is 4.23. The molecule has 2 aliphatic rings. The fourth-order valence-corrected chi connectivity index (χ4v) is 3.81. The average Bonchev–Trinajstić information content (AvgIpc) is 2.60. The Morgan fingerprint density at radius 3 is 2.62 bits per heavy atom. The molecule has 5 heteroatoms. The van der Waals surface area contributed by atoms with Gasteiger partial charge in [-0.1, -0.05) is 19.1 Å². The summed E-state index contributed by atoms with van der Waals surface area (Å²) in [5.41, 5.74) is 2.26. The molecule has 2 aromatic carbocycles. The van der Waals surface area contributed by atoms with Crippen LogP contribution in [0.3, 0.4) is 0 Å². The molecule has 2 atom stereocenters. The van der Waals surface area contributed by atoms with Gasteiger partial charge in [-0.15, -0.1) is 0 Å². The van der Waals surface area contributed by atoms with Crippen molar-refractivity contribution in [1.82, 2.24) is 0 Å². The predicted molar refractivity (Wildman–Crippen MR) is 96.1 cm³/mol. The molecule has 0 amide bonds. The highest BCUT2D eigenvalue weighted by molar-refractivity contribution is 5.69. The van der Waals surface area contributed by atoms with Crippen molar-refractivity contribution in [3.8, 4) is 23.0 Å². The number of aryl methyl sites for hydroxylation is 1. The van der Waals surface area contributed by atoms with Gasteiger partial charge in [0.05, 0.1) is 7.11 Å². The zero-order valence-corrected chi connectivity index (χ0v) is 15.2. The highest BCUT2D eigenvalue weighted by Crippen LogP contribution is 2.47. The summed E-state index contributed by atoms with van der Waals surface area (Å²) in [5, 5.41) is 0. The Labute approximate surface area is 152 Å². The number of carbonyl (C=O) groups is 1. The van der Waals surface area contributed by atoms with Crippen LogP contribution in [0.1, 0.15) is 43.7 Å². The summed E-state index contributed by atoms with van der Waals surface area (Å²) in [6.07, 6.45) is 2.39. The summed E-state index contributed by atoms with van der Waals surface area (Å²) in [6.45, 7) is 3.57. The van der Waals surface area contributed by atoms with E-state index in [0.29, 0.717) is 17.4 Å². The minimum Gasteiger partial charge on any atom is -0.497 e. The van der Waals surface area contributed by atoms with Crippen LogP contribution in [-0.2, 0) is 11.2 Å². The molecule has 2 aromatic rings. The average molecular weight is 354 g/mol. The first-order valence-electron chi connectivity index (χ1n) is 8.85. The lowest BCUT2D eigenvalue weighted by molar-refractivity contribution is -0.144. The van der Waals surface area contributed by atoms with Gasteiger partial charge in [0.1, 0.15) is 23.0 Å². The van der Waals surface area contributed by atoms with Gasteiger partial charge < -0.3 is 18.9 Å². The molecule has 136 valence electrons. The van der Waals surface area contributed by atoms with Crippen molar-refractivity contribution in [3.63, 3.8) is 0 Å². The van der Waals surface area contributed by atoms with Gasteiger partial charge in [0, 0.05) is 31.9 Å². The number of rotatable bonds is 2. The zero-order chi connectivity index (χ0) is 18.3. The van der Waals surface area contributed by atoms with Crippen LogP contribution in [0, 0.1) is 0 Å². The molecule has 0 N–H and O–H groups in total. The Balaban J connectivity index is 1.65. The van der Waals surface area contributed by atoms with Crippen LogP contribution in [0.4, 0.5) is 0 Å². The second kappa shape index (κ2) is 6.24. The molecule has 0 aliphatic carbocycles. The molecule has 0 saturated carbocycles. The number of esters is 1. The van der Waals surface area contributed by atoms with E-state index in [1.165, 1.54) is 12.5 Å². The maximum absolute atomic E-state index is 11.2. The number of hydrogen-bond acceptors (Lipinski definition) is 5. The number of methoxy groups -OCH3 is 1. The van der Waals surface area contributed by atoms with E-state index >= 15 is 0 Å². The monoisotopic (exact) mass is 354 g/mol. The smallest absolute Gasteiger partial charge is 0.308 e. The maximum atomic E-state index is 11.2. The van der Waals surface area contributed by atoms with Crippen LogP contribution in [0.2, 0.25) is 0 Å². The molecule has 1 spiro atoms. The molecular formula is C21H22O5. The Kier molecular flexibility index (Phi) is 4.02. The third kappa shape index (κ3) is 2.98. The molecule has 0 bridgehead atoms. The summed E-state index contributed by atoms with van der Waals surface area (Å²) in [7, 11) is 1.65. The summed E-state index contributed by atoms with van der Waals surface area (Å²) in [6, 6.07) is 11.4.